The molecule has 4 heteroatoms. The highest BCUT2D eigenvalue weighted by Crippen LogP contribution is 2.29. The highest BCUT2D eigenvalue weighted by atomic mass is 15.1. The standard InChI is InChI=1S/C23H22N4/c1-3-7-17-14-22(25-18-12-10-16(4-2)11-13-18)27-21-9-6-5-8-20(21)26-23(27)19(17)15-24/h5-6,8-14,25H,3-4,7H2,1-2H3. The van der Waals surface area contributed by atoms with Gasteiger partial charge in [0.2, 0.25) is 0 Å². The minimum Gasteiger partial charge on any atom is -0.341 e. The molecule has 134 valence electrons. The van der Waals surface area contributed by atoms with Crippen LogP contribution in [0.15, 0.2) is 54.6 Å². The first kappa shape index (κ1) is 17.1. The largest absolute Gasteiger partial charge is 0.341 e. The van der Waals surface area contributed by atoms with Gasteiger partial charge in [0.05, 0.1) is 16.6 Å². The maximum Gasteiger partial charge on any atom is 0.157 e. The number of nitrogens with zero attached hydrogens (tertiary/aromatic N) is 3. The molecule has 0 amide bonds. The number of benzene rings is 2. The second-order valence-corrected chi connectivity index (χ2v) is 6.73. The van der Waals surface area contributed by atoms with E-state index < -0.39 is 0 Å². The number of aromatic nitrogens is 2. The fourth-order valence-corrected chi connectivity index (χ4v) is 3.53. The molecule has 0 aliphatic heterocycles. The maximum absolute atomic E-state index is 9.78. The van der Waals surface area contributed by atoms with Crippen molar-refractivity contribution in [2.24, 2.45) is 0 Å². The van der Waals surface area contributed by atoms with Gasteiger partial charge in [-0.25, -0.2) is 4.98 Å². The molecule has 4 nitrogen and oxygen atoms in total. The smallest absolute Gasteiger partial charge is 0.157 e. The van der Waals surface area contributed by atoms with Crippen LogP contribution >= 0.6 is 0 Å². The molecule has 27 heavy (non-hydrogen) atoms. The minimum absolute atomic E-state index is 0.667. The van der Waals surface area contributed by atoms with Crippen LogP contribution in [0.2, 0.25) is 0 Å². The van der Waals surface area contributed by atoms with Crippen molar-refractivity contribution >= 4 is 28.2 Å². The number of aryl methyl sites for hydroxylation is 2. The summed E-state index contributed by atoms with van der Waals surface area (Å²) in [6.07, 6.45) is 2.86. The molecular formula is C23H22N4. The summed E-state index contributed by atoms with van der Waals surface area (Å²) < 4.78 is 2.06. The summed E-state index contributed by atoms with van der Waals surface area (Å²) in [5.41, 5.74) is 6.66. The van der Waals surface area contributed by atoms with E-state index in [0.29, 0.717) is 5.56 Å². The molecule has 1 N–H and O–H groups in total. The molecule has 2 aromatic heterocycles. The van der Waals surface area contributed by atoms with Gasteiger partial charge in [-0.3, -0.25) is 4.40 Å². The van der Waals surface area contributed by atoms with Gasteiger partial charge in [0.1, 0.15) is 11.9 Å². The molecule has 4 rings (SSSR count). The Morgan fingerprint density at radius 3 is 2.56 bits per heavy atom. The normalized spacial score (nSPS) is 11.0. The molecule has 0 bridgehead atoms. The van der Waals surface area contributed by atoms with E-state index in [1.165, 1.54) is 5.56 Å². The molecule has 0 saturated heterocycles. The van der Waals surface area contributed by atoms with E-state index in [1.807, 2.05) is 24.3 Å². The number of pyridine rings is 1. The van der Waals surface area contributed by atoms with Crippen LogP contribution in [0.1, 0.15) is 37.0 Å². The van der Waals surface area contributed by atoms with Crippen LogP contribution in [0.5, 0.6) is 0 Å². The van der Waals surface area contributed by atoms with E-state index in [-0.39, 0.29) is 0 Å². The first-order valence-electron chi connectivity index (χ1n) is 9.44. The third kappa shape index (κ3) is 3.02. The molecule has 4 aromatic rings. The summed E-state index contributed by atoms with van der Waals surface area (Å²) in [6, 6.07) is 21.0. The van der Waals surface area contributed by atoms with E-state index in [2.05, 4.69) is 60.0 Å². The molecule has 0 spiro atoms. The molecule has 0 radical (unpaired) electrons. The quantitative estimate of drug-likeness (QED) is 0.506. The first-order chi connectivity index (χ1) is 13.2. The zero-order valence-corrected chi connectivity index (χ0v) is 15.7. The number of hydrogen-bond acceptors (Lipinski definition) is 3. The summed E-state index contributed by atoms with van der Waals surface area (Å²) in [6.45, 7) is 4.28. The van der Waals surface area contributed by atoms with Crippen LogP contribution in [-0.4, -0.2) is 9.38 Å². The van der Waals surface area contributed by atoms with Gasteiger partial charge in [0.25, 0.3) is 0 Å². The fourth-order valence-electron chi connectivity index (χ4n) is 3.53. The Hall–Kier alpha value is -3.32. The molecule has 0 fully saturated rings. The summed E-state index contributed by atoms with van der Waals surface area (Å²) in [4.78, 5) is 4.76. The van der Waals surface area contributed by atoms with Crippen LogP contribution in [0.4, 0.5) is 11.5 Å². The Balaban J connectivity index is 1.95. The molecule has 0 saturated carbocycles. The van der Waals surface area contributed by atoms with Crippen molar-refractivity contribution in [3.63, 3.8) is 0 Å². The third-order valence-electron chi connectivity index (χ3n) is 4.92. The lowest BCUT2D eigenvalue weighted by Gasteiger charge is -2.14. The fraction of sp³-hybridized carbons (Fsp3) is 0.217. The lowest BCUT2D eigenvalue weighted by molar-refractivity contribution is 0.915. The highest BCUT2D eigenvalue weighted by molar-refractivity contribution is 5.85. The van der Waals surface area contributed by atoms with Gasteiger partial charge in [-0.15, -0.1) is 0 Å². The summed E-state index contributed by atoms with van der Waals surface area (Å²) in [5, 5.41) is 13.3. The third-order valence-corrected chi connectivity index (χ3v) is 4.92. The van der Waals surface area contributed by atoms with Crippen molar-refractivity contribution in [2.45, 2.75) is 33.1 Å². The number of imidazole rings is 1. The Labute approximate surface area is 159 Å². The second kappa shape index (κ2) is 7.13. The Bertz CT molecular complexity index is 1150. The van der Waals surface area contributed by atoms with Crippen molar-refractivity contribution < 1.29 is 0 Å². The van der Waals surface area contributed by atoms with Gasteiger partial charge in [0.15, 0.2) is 5.65 Å². The average Bonchev–Trinajstić information content (AvgIpc) is 3.08. The Kier molecular flexibility index (Phi) is 4.52. The number of hydrogen-bond donors (Lipinski definition) is 1. The molecule has 0 atom stereocenters. The number of nitrogens with one attached hydrogen (secondary N) is 1. The van der Waals surface area contributed by atoms with Crippen molar-refractivity contribution in [1.82, 2.24) is 9.38 Å². The van der Waals surface area contributed by atoms with E-state index in [1.54, 1.807) is 0 Å². The molecular weight excluding hydrogens is 332 g/mol. The minimum atomic E-state index is 0.667. The first-order valence-corrected chi connectivity index (χ1v) is 9.44. The van der Waals surface area contributed by atoms with Crippen molar-refractivity contribution in [3.05, 3.63) is 71.3 Å². The van der Waals surface area contributed by atoms with Crippen LogP contribution < -0.4 is 5.32 Å². The Morgan fingerprint density at radius 2 is 1.85 bits per heavy atom. The van der Waals surface area contributed by atoms with E-state index in [0.717, 1.165) is 53.0 Å². The van der Waals surface area contributed by atoms with Gasteiger partial charge >= 0.3 is 0 Å². The molecule has 0 aliphatic carbocycles. The van der Waals surface area contributed by atoms with Gasteiger partial charge in [-0.1, -0.05) is 44.5 Å². The number of fused-ring (bicyclic) bond motifs is 3. The molecule has 0 aliphatic rings. The van der Waals surface area contributed by atoms with Crippen molar-refractivity contribution in [1.29, 1.82) is 5.26 Å². The summed E-state index contributed by atoms with van der Waals surface area (Å²) >= 11 is 0. The lowest BCUT2D eigenvalue weighted by atomic mass is 10.1. The highest BCUT2D eigenvalue weighted by Gasteiger charge is 2.16. The zero-order valence-electron chi connectivity index (χ0n) is 15.7. The number of para-hydroxylation sites is 2. The van der Waals surface area contributed by atoms with E-state index in [4.69, 9.17) is 4.98 Å². The predicted octanol–water partition coefficient (Wildman–Crippen LogP) is 5.62. The second-order valence-electron chi connectivity index (χ2n) is 6.73. The lowest BCUT2D eigenvalue weighted by Crippen LogP contribution is -2.03. The number of rotatable bonds is 5. The molecule has 2 heterocycles. The van der Waals surface area contributed by atoms with Crippen LogP contribution in [-0.2, 0) is 12.8 Å². The summed E-state index contributed by atoms with van der Waals surface area (Å²) in [7, 11) is 0. The van der Waals surface area contributed by atoms with Crippen LogP contribution in [0.25, 0.3) is 16.7 Å². The van der Waals surface area contributed by atoms with E-state index in [9.17, 15) is 5.26 Å². The SMILES string of the molecule is CCCc1cc(Nc2ccc(CC)cc2)n2c(nc3ccccc32)c1C#N. The maximum atomic E-state index is 9.78. The molecule has 2 aromatic carbocycles. The van der Waals surface area contributed by atoms with Gasteiger partial charge in [-0.05, 0) is 54.3 Å². The monoisotopic (exact) mass is 354 g/mol. The van der Waals surface area contributed by atoms with Crippen LogP contribution in [0.3, 0.4) is 0 Å². The van der Waals surface area contributed by atoms with Gasteiger partial charge < -0.3 is 5.32 Å². The number of nitriles is 1. The summed E-state index contributed by atoms with van der Waals surface area (Å²) in [5.74, 6) is 0.936. The Morgan fingerprint density at radius 1 is 1.07 bits per heavy atom. The average molecular weight is 354 g/mol. The van der Waals surface area contributed by atoms with Gasteiger partial charge in [-0.2, -0.15) is 5.26 Å². The molecule has 0 unspecified atom stereocenters. The van der Waals surface area contributed by atoms with E-state index >= 15 is 0 Å². The topological polar surface area (TPSA) is 53.1 Å². The zero-order chi connectivity index (χ0) is 18.8. The predicted molar refractivity (Wildman–Crippen MR) is 111 cm³/mol. The van der Waals surface area contributed by atoms with Crippen LogP contribution in [0, 0.1) is 11.3 Å². The van der Waals surface area contributed by atoms with Gasteiger partial charge in [0, 0.05) is 5.69 Å². The number of anilines is 2. The van der Waals surface area contributed by atoms with Crippen molar-refractivity contribution in [3.8, 4) is 6.07 Å². The van der Waals surface area contributed by atoms with Crippen molar-refractivity contribution in [2.75, 3.05) is 5.32 Å².